The molecule has 2 aromatic carbocycles. The van der Waals surface area contributed by atoms with Crippen LogP contribution in [0, 0.1) is 0 Å². The monoisotopic (exact) mass is 346 g/mol. The third-order valence-electron chi connectivity index (χ3n) is 2.98. The molecule has 136 valence electrons. The molecule has 0 saturated carbocycles. The van der Waals surface area contributed by atoms with Crippen molar-refractivity contribution in [3.8, 4) is 0 Å². The standard InChI is InChI=1S/C17H18O5.C3H8/c1-13(18)21-10-8-20-9-11-22-17(19)16-7-6-14-4-2-3-5-15(14)12-16;1-3-2/h2-7,12H,8-11H2,1H3;3H2,1-2H3. The quantitative estimate of drug-likeness (QED) is 0.560. The van der Waals surface area contributed by atoms with Gasteiger partial charge in [-0.2, -0.15) is 0 Å². The van der Waals surface area contributed by atoms with Crippen LogP contribution in [0.1, 0.15) is 37.6 Å². The molecule has 0 unspecified atom stereocenters. The van der Waals surface area contributed by atoms with Crippen molar-refractivity contribution < 1.29 is 23.8 Å². The van der Waals surface area contributed by atoms with Crippen LogP contribution in [0.25, 0.3) is 10.8 Å². The van der Waals surface area contributed by atoms with Crippen LogP contribution in [0.4, 0.5) is 0 Å². The lowest BCUT2D eigenvalue weighted by atomic mass is 10.1. The number of esters is 2. The molecule has 0 spiro atoms. The molecule has 0 aromatic heterocycles. The van der Waals surface area contributed by atoms with Crippen molar-refractivity contribution >= 4 is 22.7 Å². The maximum atomic E-state index is 11.9. The molecule has 5 nitrogen and oxygen atoms in total. The molecule has 0 heterocycles. The molecule has 25 heavy (non-hydrogen) atoms. The van der Waals surface area contributed by atoms with Crippen molar-refractivity contribution in [3.63, 3.8) is 0 Å². The Morgan fingerprint density at radius 2 is 1.44 bits per heavy atom. The summed E-state index contributed by atoms with van der Waals surface area (Å²) in [6.45, 7) is 6.50. The van der Waals surface area contributed by atoms with Gasteiger partial charge >= 0.3 is 11.9 Å². The summed E-state index contributed by atoms with van der Waals surface area (Å²) in [6.07, 6.45) is 1.25. The number of hydrogen-bond acceptors (Lipinski definition) is 5. The maximum Gasteiger partial charge on any atom is 0.338 e. The van der Waals surface area contributed by atoms with Crippen LogP contribution in [0.2, 0.25) is 0 Å². The Balaban J connectivity index is 0.000000970. The van der Waals surface area contributed by atoms with Gasteiger partial charge in [-0.1, -0.05) is 50.6 Å². The fraction of sp³-hybridized carbons (Fsp3) is 0.400. The van der Waals surface area contributed by atoms with Crippen LogP contribution < -0.4 is 0 Å². The number of carbonyl (C=O) groups excluding carboxylic acids is 2. The summed E-state index contributed by atoms with van der Waals surface area (Å²) in [4.78, 5) is 22.4. The highest BCUT2D eigenvalue weighted by Crippen LogP contribution is 2.16. The van der Waals surface area contributed by atoms with Gasteiger partial charge in [0.05, 0.1) is 18.8 Å². The van der Waals surface area contributed by atoms with Gasteiger partial charge in [0.1, 0.15) is 13.2 Å². The van der Waals surface area contributed by atoms with Gasteiger partial charge in [0.25, 0.3) is 0 Å². The lowest BCUT2D eigenvalue weighted by Crippen LogP contribution is -2.13. The molecule has 0 N–H and O–H groups in total. The van der Waals surface area contributed by atoms with Gasteiger partial charge in [0, 0.05) is 6.92 Å². The first kappa shape index (κ1) is 20.6. The molecule has 2 aromatic rings. The Bertz CT molecular complexity index is 666. The lowest BCUT2D eigenvalue weighted by Gasteiger charge is -2.07. The average molecular weight is 346 g/mol. The minimum atomic E-state index is -0.380. The first-order valence-corrected chi connectivity index (χ1v) is 8.45. The zero-order chi connectivity index (χ0) is 18.5. The fourth-order valence-electron chi connectivity index (χ4n) is 1.94. The predicted octanol–water partition coefficient (Wildman–Crippen LogP) is 3.99. The highest BCUT2D eigenvalue weighted by atomic mass is 16.6. The van der Waals surface area contributed by atoms with Gasteiger partial charge < -0.3 is 14.2 Å². The van der Waals surface area contributed by atoms with Crippen LogP contribution in [-0.2, 0) is 19.0 Å². The maximum absolute atomic E-state index is 11.9. The number of fused-ring (bicyclic) bond motifs is 1. The molecule has 0 saturated heterocycles. The molecular weight excluding hydrogens is 320 g/mol. The summed E-state index contributed by atoms with van der Waals surface area (Å²) in [5, 5.41) is 2.07. The topological polar surface area (TPSA) is 61.8 Å². The van der Waals surface area contributed by atoms with Crippen molar-refractivity contribution in [2.75, 3.05) is 26.4 Å². The molecule has 0 amide bonds. The van der Waals surface area contributed by atoms with Gasteiger partial charge in [-0.15, -0.1) is 0 Å². The van der Waals surface area contributed by atoms with E-state index in [1.807, 2.05) is 30.3 Å². The highest BCUT2D eigenvalue weighted by Gasteiger charge is 2.07. The second-order valence-electron chi connectivity index (χ2n) is 5.36. The average Bonchev–Trinajstić information content (AvgIpc) is 2.60. The van der Waals surface area contributed by atoms with Crippen molar-refractivity contribution in [1.82, 2.24) is 0 Å². The van der Waals surface area contributed by atoms with E-state index in [2.05, 4.69) is 13.8 Å². The van der Waals surface area contributed by atoms with Gasteiger partial charge in [0.15, 0.2) is 0 Å². The molecule has 0 aliphatic rings. The molecule has 2 rings (SSSR count). The normalized spacial score (nSPS) is 9.88. The second-order valence-corrected chi connectivity index (χ2v) is 5.36. The zero-order valence-corrected chi connectivity index (χ0v) is 15.1. The van der Waals surface area contributed by atoms with Crippen molar-refractivity contribution in [2.24, 2.45) is 0 Å². The van der Waals surface area contributed by atoms with E-state index in [1.54, 1.807) is 12.1 Å². The van der Waals surface area contributed by atoms with Crippen molar-refractivity contribution in [1.29, 1.82) is 0 Å². The number of benzene rings is 2. The third kappa shape index (κ3) is 8.31. The Hall–Kier alpha value is -2.40. The van der Waals surface area contributed by atoms with E-state index in [4.69, 9.17) is 14.2 Å². The SMILES string of the molecule is CC(=O)OCCOCCOC(=O)c1ccc2ccccc2c1.CCC. The molecule has 0 fully saturated rings. The molecule has 0 radical (unpaired) electrons. The molecule has 0 aliphatic heterocycles. The number of ether oxygens (including phenoxy) is 3. The minimum absolute atomic E-state index is 0.158. The Morgan fingerprint density at radius 3 is 2.08 bits per heavy atom. The van der Waals surface area contributed by atoms with E-state index in [9.17, 15) is 9.59 Å². The Labute approximate surface area is 148 Å². The van der Waals surface area contributed by atoms with E-state index >= 15 is 0 Å². The summed E-state index contributed by atoms with van der Waals surface area (Å²) >= 11 is 0. The van der Waals surface area contributed by atoms with E-state index in [0.717, 1.165) is 10.8 Å². The summed E-state index contributed by atoms with van der Waals surface area (Å²) in [7, 11) is 0. The zero-order valence-electron chi connectivity index (χ0n) is 15.1. The number of hydrogen-bond donors (Lipinski definition) is 0. The van der Waals surface area contributed by atoms with Crippen LogP contribution in [-0.4, -0.2) is 38.4 Å². The third-order valence-corrected chi connectivity index (χ3v) is 2.98. The fourth-order valence-corrected chi connectivity index (χ4v) is 1.94. The van der Waals surface area contributed by atoms with Crippen molar-refractivity contribution in [2.45, 2.75) is 27.2 Å². The van der Waals surface area contributed by atoms with Crippen molar-refractivity contribution in [3.05, 3.63) is 48.0 Å². The Morgan fingerprint density at radius 1 is 0.840 bits per heavy atom. The molecule has 0 atom stereocenters. The van der Waals surface area contributed by atoms with Crippen LogP contribution in [0.15, 0.2) is 42.5 Å². The summed E-state index contributed by atoms with van der Waals surface area (Å²) in [5.74, 6) is -0.722. The minimum Gasteiger partial charge on any atom is -0.463 e. The molecule has 0 aliphatic carbocycles. The predicted molar refractivity (Wildman–Crippen MR) is 97.6 cm³/mol. The van der Waals surface area contributed by atoms with Gasteiger partial charge in [-0.25, -0.2) is 4.79 Å². The van der Waals surface area contributed by atoms with Gasteiger partial charge in [-0.3, -0.25) is 4.79 Å². The first-order valence-electron chi connectivity index (χ1n) is 8.45. The first-order chi connectivity index (χ1) is 12.1. The van der Waals surface area contributed by atoms with E-state index in [-0.39, 0.29) is 38.4 Å². The van der Waals surface area contributed by atoms with Crippen LogP contribution >= 0.6 is 0 Å². The smallest absolute Gasteiger partial charge is 0.338 e. The van der Waals surface area contributed by atoms with E-state index in [1.165, 1.54) is 13.3 Å². The molecule has 5 heteroatoms. The summed E-state index contributed by atoms with van der Waals surface area (Å²) in [6, 6.07) is 13.3. The largest absolute Gasteiger partial charge is 0.463 e. The highest BCUT2D eigenvalue weighted by molar-refractivity contribution is 5.95. The van der Waals surface area contributed by atoms with Crippen LogP contribution in [0.3, 0.4) is 0 Å². The van der Waals surface area contributed by atoms with E-state index < -0.39 is 0 Å². The summed E-state index contributed by atoms with van der Waals surface area (Å²) in [5.41, 5.74) is 0.513. The molecule has 0 bridgehead atoms. The van der Waals surface area contributed by atoms with E-state index in [0.29, 0.717) is 5.56 Å². The van der Waals surface area contributed by atoms with Gasteiger partial charge in [0.2, 0.25) is 0 Å². The van der Waals surface area contributed by atoms with Crippen LogP contribution in [0.5, 0.6) is 0 Å². The number of rotatable bonds is 7. The second kappa shape index (κ2) is 12.0. The lowest BCUT2D eigenvalue weighted by molar-refractivity contribution is -0.142. The number of carbonyl (C=O) groups is 2. The Kier molecular flexibility index (Phi) is 9.94. The molecular formula is C20H26O5. The summed E-state index contributed by atoms with van der Waals surface area (Å²) < 4.78 is 15.0. The van der Waals surface area contributed by atoms with Gasteiger partial charge in [-0.05, 0) is 22.9 Å².